The molecule has 1 atom stereocenters. The summed E-state index contributed by atoms with van der Waals surface area (Å²) in [6, 6.07) is 4.50. The van der Waals surface area contributed by atoms with Crippen LogP contribution < -0.4 is 5.32 Å². The van der Waals surface area contributed by atoms with Gasteiger partial charge < -0.3 is 9.73 Å². The first-order chi connectivity index (χ1) is 11.4. The molecule has 5 heteroatoms. The van der Waals surface area contributed by atoms with Gasteiger partial charge in [-0.05, 0) is 45.0 Å². The van der Waals surface area contributed by atoms with Crippen LogP contribution >= 0.6 is 0 Å². The average molecular weight is 330 g/mol. The van der Waals surface area contributed by atoms with Gasteiger partial charge in [-0.3, -0.25) is 10.00 Å². The van der Waals surface area contributed by atoms with Crippen LogP contribution in [0, 0.1) is 6.92 Å². The Morgan fingerprint density at radius 1 is 1.29 bits per heavy atom. The second-order valence-corrected chi connectivity index (χ2v) is 7.86. The van der Waals surface area contributed by atoms with E-state index < -0.39 is 0 Å². The average Bonchev–Trinajstić information content (AvgIpc) is 3.24. The van der Waals surface area contributed by atoms with Gasteiger partial charge in [-0.1, -0.05) is 20.8 Å². The first-order valence-corrected chi connectivity index (χ1v) is 8.99. The molecule has 24 heavy (non-hydrogen) atoms. The highest BCUT2D eigenvalue weighted by Gasteiger charge is 2.26. The van der Waals surface area contributed by atoms with Crippen LogP contribution in [0.2, 0.25) is 0 Å². The van der Waals surface area contributed by atoms with Gasteiger partial charge in [0.1, 0.15) is 11.5 Å². The first kappa shape index (κ1) is 17.2. The van der Waals surface area contributed by atoms with Gasteiger partial charge in [0.2, 0.25) is 0 Å². The molecule has 3 rings (SSSR count). The molecule has 132 valence electrons. The molecule has 0 aliphatic carbocycles. The predicted molar refractivity (Wildman–Crippen MR) is 96.0 cm³/mol. The Kier molecular flexibility index (Phi) is 5.11. The van der Waals surface area contributed by atoms with Crippen molar-refractivity contribution in [3.63, 3.8) is 0 Å². The highest BCUT2D eigenvalue weighted by Crippen LogP contribution is 2.27. The van der Waals surface area contributed by atoms with Crippen LogP contribution in [-0.2, 0) is 12.0 Å². The fourth-order valence-corrected chi connectivity index (χ4v) is 3.53. The highest BCUT2D eigenvalue weighted by molar-refractivity contribution is 5.23. The van der Waals surface area contributed by atoms with Crippen LogP contribution in [0.1, 0.15) is 62.4 Å². The standard InChI is InChI=1S/C19H30N4O/c1-14-7-8-17(24-14)16(23-9-5-6-10-23)13-20-11-15-12-21-22-18(15)19(2,3)4/h7-8,12,16,20H,5-6,9-11,13H2,1-4H3,(H,21,22). The number of likely N-dealkylation sites (tertiary alicyclic amines) is 1. The third-order valence-corrected chi connectivity index (χ3v) is 4.79. The molecule has 0 bridgehead atoms. The van der Waals surface area contributed by atoms with Crippen LogP contribution in [-0.4, -0.2) is 34.7 Å². The Bertz CT molecular complexity index is 646. The Hall–Kier alpha value is -1.59. The van der Waals surface area contributed by atoms with E-state index in [0.29, 0.717) is 6.04 Å². The molecule has 0 amide bonds. The lowest BCUT2D eigenvalue weighted by molar-refractivity contribution is 0.207. The Morgan fingerprint density at radius 2 is 2.04 bits per heavy atom. The number of aromatic nitrogens is 2. The zero-order valence-electron chi connectivity index (χ0n) is 15.4. The van der Waals surface area contributed by atoms with Gasteiger partial charge in [0.05, 0.1) is 12.2 Å². The van der Waals surface area contributed by atoms with Crippen molar-refractivity contribution in [3.8, 4) is 0 Å². The maximum absolute atomic E-state index is 5.92. The molecule has 1 aliphatic rings. The summed E-state index contributed by atoms with van der Waals surface area (Å²) in [7, 11) is 0. The Balaban J connectivity index is 1.65. The number of rotatable bonds is 6. The number of hydrogen-bond donors (Lipinski definition) is 2. The van der Waals surface area contributed by atoms with E-state index in [1.807, 2.05) is 13.1 Å². The van der Waals surface area contributed by atoms with Crippen molar-refractivity contribution in [2.75, 3.05) is 19.6 Å². The van der Waals surface area contributed by atoms with Crippen molar-refractivity contribution < 1.29 is 4.42 Å². The molecule has 1 saturated heterocycles. The second-order valence-electron chi connectivity index (χ2n) is 7.86. The lowest BCUT2D eigenvalue weighted by Gasteiger charge is -2.26. The van der Waals surface area contributed by atoms with E-state index in [0.717, 1.165) is 37.7 Å². The summed E-state index contributed by atoms with van der Waals surface area (Å²) in [5, 5.41) is 11.0. The Labute approximate surface area is 144 Å². The van der Waals surface area contributed by atoms with Crippen LogP contribution in [0.15, 0.2) is 22.7 Å². The van der Waals surface area contributed by atoms with E-state index in [1.165, 1.54) is 24.1 Å². The van der Waals surface area contributed by atoms with Gasteiger partial charge in [0.15, 0.2) is 0 Å². The van der Waals surface area contributed by atoms with E-state index in [9.17, 15) is 0 Å². The molecular formula is C19H30N4O. The molecule has 1 unspecified atom stereocenters. The molecular weight excluding hydrogens is 300 g/mol. The fraction of sp³-hybridized carbons (Fsp3) is 0.632. The van der Waals surface area contributed by atoms with E-state index in [4.69, 9.17) is 4.42 Å². The Morgan fingerprint density at radius 3 is 2.67 bits per heavy atom. The zero-order valence-corrected chi connectivity index (χ0v) is 15.4. The monoisotopic (exact) mass is 330 g/mol. The topological polar surface area (TPSA) is 57.1 Å². The summed E-state index contributed by atoms with van der Waals surface area (Å²) in [6.07, 6.45) is 4.51. The molecule has 0 spiro atoms. The van der Waals surface area contributed by atoms with Gasteiger partial charge in [0.25, 0.3) is 0 Å². The van der Waals surface area contributed by atoms with Crippen molar-refractivity contribution in [2.24, 2.45) is 0 Å². The number of hydrogen-bond acceptors (Lipinski definition) is 4. The first-order valence-electron chi connectivity index (χ1n) is 8.99. The number of furan rings is 1. The molecule has 5 nitrogen and oxygen atoms in total. The number of nitrogens with one attached hydrogen (secondary N) is 2. The smallest absolute Gasteiger partial charge is 0.122 e. The molecule has 0 aromatic carbocycles. The summed E-state index contributed by atoms with van der Waals surface area (Å²) in [4.78, 5) is 2.53. The molecule has 2 N–H and O–H groups in total. The van der Waals surface area contributed by atoms with E-state index in [1.54, 1.807) is 0 Å². The lowest BCUT2D eigenvalue weighted by Crippen LogP contribution is -2.34. The highest BCUT2D eigenvalue weighted by atomic mass is 16.3. The van der Waals surface area contributed by atoms with E-state index >= 15 is 0 Å². The summed E-state index contributed by atoms with van der Waals surface area (Å²) in [5.41, 5.74) is 2.54. The minimum atomic E-state index is 0.0833. The van der Waals surface area contributed by atoms with Gasteiger partial charge in [-0.2, -0.15) is 5.10 Å². The van der Waals surface area contributed by atoms with Crippen molar-refractivity contribution in [1.29, 1.82) is 0 Å². The minimum absolute atomic E-state index is 0.0833. The quantitative estimate of drug-likeness (QED) is 0.850. The predicted octanol–water partition coefficient (Wildman–Crippen LogP) is 3.54. The lowest BCUT2D eigenvalue weighted by atomic mass is 9.89. The molecule has 1 fully saturated rings. The van der Waals surface area contributed by atoms with E-state index in [2.05, 4.69) is 53.3 Å². The largest absolute Gasteiger partial charge is 0.465 e. The van der Waals surface area contributed by atoms with Crippen molar-refractivity contribution in [1.82, 2.24) is 20.4 Å². The molecule has 0 saturated carbocycles. The number of nitrogens with zero attached hydrogens (tertiary/aromatic N) is 2. The van der Waals surface area contributed by atoms with Gasteiger partial charge in [0, 0.05) is 29.8 Å². The van der Waals surface area contributed by atoms with E-state index in [-0.39, 0.29) is 5.41 Å². The molecule has 3 heterocycles. The van der Waals surface area contributed by atoms with Gasteiger partial charge >= 0.3 is 0 Å². The van der Waals surface area contributed by atoms with Crippen LogP contribution in [0.25, 0.3) is 0 Å². The van der Waals surface area contributed by atoms with Crippen molar-refractivity contribution in [3.05, 3.63) is 41.1 Å². The van der Waals surface area contributed by atoms with Crippen LogP contribution in [0.5, 0.6) is 0 Å². The van der Waals surface area contributed by atoms with Gasteiger partial charge in [-0.15, -0.1) is 0 Å². The van der Waals surface area contributed by atoms with Crippen LogP contribution in [0.4, 0.5) is 0 Å². The maximum atomic E-state index is 5.92. The third kappa shape index (κ3) is 3.90. The molecule has 1 aliphatic heterocycles. The molecule has 2 aromatic rings. The summed E-state index contributed by atoms with van der Waals surface area (Å²) < 4.78 is 5.92. The number of H-pyrrole nitrogens is 1. The second kappa shape index (κ2) is 7.11. The van der Waals surface area contributed by atoms with Crippen molar-refractivity contribution >= 4 is 0 Å². The van der Waals surface area contributed by atoms with Gasteiger partial charge in [-0.25, -0.2) is 0 Å². The molecule has 0 radical (unpaired) electrons. The fourth-order valence-electron chi connectivity index (χ4n) is 3.53. The normalized spacial score (nSPS) is 17.5. The summed E-state index contributed by atoms with van der Waals surface area (Å²) >= 11 is 0. The molecule has 2 aromatic heterocycles. The number of aromatic amines is 1. The van der Waals surface area contributed by atoms with Crippen molar-refractivity contribution in [2.45, 2.75) is 58.5 Å². The summed E-state index contributed by atoms with van der Waals surface area (Å²) in [6.45, 7) is 12.7. The zero-order chi connectivity index (χ0) is 17.2. The SMILES string of the molecule is Cc1ccc(C(CNCc2cn[nH]c2C(C)(C)C)N2CCCC2)o1. The number of aryl methyl sites for hydroxylation is 1. The van der Waals surface area contributed by atoms with Crippen LogP contribution in [0.3, 0.4) is 0 Å². The maximum Gasteiger partial charge on any atom is 0.122 e. The third-order valence-electron chi connectivity index (χ3n) is 4.79. The minimum Gasteiger partial charge on any atom is -0.465 e. The summed E-state index contributed by atoms with van der Waals surface area (Å²) in [5.74, 6) is 2.06.